The van der Waals surface area contributed by atoms with Gasteiger partial charge in [-0.3, -0.25) is 4.79 Å². The third kappa shape index (κ3) is 4.64. The van der Waals surface area contributed by atoms with Crippen molar-refractivity contribution >= 4 is 46.8 Å². The van der Waals surface area contributed by atoms with Gasteiger partial charge >= 0.3 is 5.97 Å². The van der Waals surface area contributed by atoms with Crippen molar-refractivity contribution in [3.63, 3.8) is 0 Å². The van der Waals surface area contributed by atoms with Gasteiger partial charge < -0.3 is 15.0 Å². The van der Waals surface area contributed by atoms with Crippen LogP contribution in [0.4, 0.5) is 5.69 Å². The number of amides is 1. The van der Waals surface area contributed by atoms with Gasteiger partial charge in [-0.25, -0.2) is 4.79 Å². The van der Waals surface area contributed by atoms with Crippen LogP contribution >= 0.6 is 23.2 Å². The van der Waals surface area contributed by atoms with E-state index in [1.807, 2.05) is 13.0 Å². The summed E-state index contributed by atoms with van der Waals surface area (Å²) in [4.78, 5) is 24.2. The summed E-state index contributed by atoms with van der Waals surface area (Å²) >= 11 is 11.8. The number of halogens is 2. The average Bonchev–Trinajstić information content (AvgIpc) is 3.01. The van der Waals surface area contributed by atoms with E-state index in [2.05, 4.69) is 5.32 Å². The molecule has 0 atom stereocenters. The number of carboxylic acids is 1. The number of benzene rings is 2. The smallest absolute Gasteiger partial charge is 0.337 e. The standard InChI is InChI=1S/C23H17Cl2N3O3/c1-13-9-15(14(2)28(13)21-6-4-3-5-18(21)23(30)31)10-16(12-26)22(29)27-17-7-8-19(24)20(25)11-17/h3-11H,1-2H3,(H,27,29)(H,30,31)/b16-10-. The quantitative estimate of drug-likeness (QED) is 0.385. The minimum atomic E-state index is -1.04. The zero-order valence-corrected chi connectivity index (χ0v) is 18.1. The number of rotatable bonds is 5. The van der Waals surface area contributed by atoms with E-state index in [0.29, 0.717) is 27.7 Å². The fourth-order valence-corrected chi connectivity index (χ4v) is 3.53. The Morgan fingerprint density at radius 3 is 2.45 bits per heavy atom. The maximum absolute atomic E-state index is 12.6. The van der Waals surface area contributed by atoms with Crippen LogP contribution in [0, 0.1) is 25.2 Å². The number of anilines is 1. The summed E-state index contributed by atoms with van der Waals surface area (Å²) in [5.74, 6) is -1.64. The first-order valence-electron chi connectivity index (χ1n) is 9.12. The van der Waals surface area contributed by atoms with Gasteiger partial charge in [0.15, 0.2) is 0 Å². The first kappa shape index (κ1) is 22.2. The summed E-state index contributed by atoms with van der Waals surface area (Å²) in [6.07, 6.45) is 1.47. The molecular formula is C23H17Cl2N3O3. The number of nitrogens with one attached hydrogen (secondary N) is 1. The maximum Gasteiger partial charge on any atom is 0.337 e. The molecule has 0 aliphatic rings. The number of aryl methyl sites for hydroxylation is 1. The van der Waals surface area contributed by atoms with Crippen LogP contribution in [0.25, 0.3) is 11.8 Å². The van der Waals surface area contributed by atoms with Crippen molar-refractivity contribution in [2.75, 3.05) is 5.32 Å². The molecule has 0 spiro atoms. The normalized spacial score (nSPS) is 11.1. The number of hydrogen-bond acceptors (Lipinski definition) is 3. The number of aromatic nitrogens is 1. The van der Waals surface area contributed by atoms with E-state index in [-0.39, 0.29) is 16.2 Å². The van der Waals surface area contributed by atoms with Gasteiger partial charge in [0.2, 0.25) is 0 Å². The molecule has 1 amide bonds. The van der Waals surface area contributed by atoms with Crippen molar-refractivity contribution < 1.29 is 14.7 Å². The molecule has 1 heterocycles. The predicted molar refractivity (Wildman–Crippen MR) is 121 cm³/mol. The Bertz CT molecular complexity index is 1270. The van der Waals surface area contributed by atoms with Gasteiger partial charge in [-0.05, 0) is 61.9 Å². The number of carbonyl (C=O) groups excluding carboxylic acids is 1. The van der Waals surface area contributed by atoms with E-state index in [4.69, 9.17) is 23.2 Å². The Kier molecular flexibility index (Phi) is 6.50. The van der Waals surface area contributed by atoms with E-state index >= 15 is 0 Å². The van der Waals surface area contributed by atoms with Crippen LogP contribution in [0.2, 0.25) is 10.0 Å². The van der Waals surface area contributed by atoms with E-state index in [1.165, 1.54) is 18.2 Å². The van der Waals surface area contributed by atoms with E-state index < -0.39 is 11.9 Å². The molecule has 6 nitrogen and oxygen atoms in total. The van der Waals surface area contributed by atoms with Gasteiger partial charge in [-0.2, -0.15) is 5.26 Å². The number of hydrogen-bond donors (Lipinski definition) is 2. The largest absolute Gasteiger partial charge is 0.478 e. The highest BCUT2D eigenvalue weighted by Gasteiger charge is 2.17. The van der Waals surface area contributed by atoms with Crippen molar-refractivity contribution in [3.8, 4) is 11.8 Å². The summed E-state index contributed by atoms with van der Waals surface area (Å²) in [5.41, 5.74) is 3.03. The second-order valence-corrected chi connectivity index (χ2v) is 7.55. The van der Waals surface area contributed by atoms with Gasteiger partial charge in [0.05, 0.1) is 21.3 Å². The van der Waals surface area contributed by atoms with E-state index in [0.717, 1.165) is 5.69 Å². The molecule has 8 heteroatoms. The van der Waals surface area contributed by atoms with Crippen LogP contribution in [-0.2, 0) is 4.79 Å². The van der Waals surface area contributed by atoms with Crippen molar-refractivity contribution in [1.29, 1.82) is 5.26 Å². The zero-order chi connectivity index (χ0) is 22.7. The molecule has 0 fully saturated rings. The van der Waals surface area contributed by atoms with Crippen molar-refractivity contribution in [2.45, 2.75) is 13.8 Å². The van der Waals surface area contributed by atoms with Gasteiger partial charge in [0.1, 0.15) is 11.6 Å². The second kappa shape index (κ2) is 9.09. The molecule has 2 N–H and O–H groups in total. The number of carboxylic acid groups (broad SMARTS) is 1. The van der Waals surface area contributed by atoms with Crippen molar-refractivity contribution in [1.82, 2.24) is 4.57 Å². The number of nitriles is 1. The number of para-hydroxylation sites is 1. The van der Waals surface area contributed by atoms with Crippen LogP contribution < -0.4 is 5.32 Å². The topological polar surface area (TPSA) is 95.1 Å². The maximum atomic E-state index is 12.6. The van der Waals surface area contributed by atoms with Crippen LogP contribution in [0.3, 0.4) is 0 Å². The Hall–Kier alpha value is -3.53. The van der Waals surface area contributed by atoms with Gasteiger partial charge in [-0.15, -0.1) is 0 Å². The lowest BCUT2D eigenvalue weighted by atomic mass is 10.1. The second-order valence-electron chi connectivity index (χ2n) is 6.74. The summed E-state index contributed by atoms with van der Waals surface area (Å²) in [6.45, 7) is 3.62. The Morgan fingerprint density at radius 2 is 1.81 bits per heavy atom. The fraction of sp³-hybridized carbons (Fsp3) is 0.0870. The summed E-state index contributed by atoms with van der Waals surface area (Å²) in [7, 11) is 0. The Labute approximate surface area is 188 Å². The highest BCUT2D eigenvalue weighted by molar-refractivity contribution is 6.42. The molecule has 0 unspecified atom stereocenters. The Balaban J connectivity index is 1.98. The molecule has 0 aliphatic heterocycles. The third-order valence-electron chi connectivity index (χ3n) is 4.69. The van der Waals surface area contributed by atoms with E-state index in [9.17, 15) is 20.0 Å². The minimum absolute atomic E-state index is 0.113. The first-order valence-corrected chi connectivity index (χ1v) is 9.88. The fourth-order valence-electron chi connectivity index (χ4n) is 3.23. The summed E-state index contributed by atoms with van der Waals surface area (Å²) in [5, 5.41) is 22.3. The van der Waals surface area contributed by atoms with Crippen LogP contribution in [-0.4, -0.2) is 21.6 Å². The van der Waals surface area contributed by atoms with Crippen LogP contribution in [0.15, 0.2) is 54.1 Å². The minimum Gasteiger partial charge on any atom is -0.478 e. The molecule has 31 heavy (non-hydrogen) atoms. The van der Waals surface area contributed by atoms with Crippen molar-refractivity contribution in [3.05, 3.63) is 86.7 Å². The molecule has 0 radical (unpaired) electrons. The highest BCUT2D eigenvalue weighted by atomic mass is 35.5. The molecule has 1 aromatic heterocycles. The van der Waals surface area contributed by atoms with Crippen LogP contribution in [0.1, 0.15) is 27.3 Å². The molecule has 2 aromatic carbocycles. The lowest BCUT2D eigenvalue weighted by Gasteiger charge is -2.12. The monoisotopic (exact) mass is 453 g/mol. The highest BCUT2D eigenvalue weighted by Crippen LogP contribution is 2.27. The summed E-state index contributed by atoms with van der Waals surface area (Å²) in [6, 6.07) is 15.0. The van der Waals surface area contributed by atoms with Gasteiger partial charge in [-0.1, -0.05) is 35.3 Å². The van der Waals surface area contributed by atoms with Gasteiger partial charge in [0.25, 0.3) is 5.91 Å². The molecule has 0 saturated heterocycles. The van der Waals surface area contributed by atoms with Gasteiger partial charge in [0, 0.05) is 17.1 Å². The molecular weight excluding hydrogens is 437 g/mol. The average molecular weight is 454 g/mol. The molecule has 3 aromatic rings. The van der Waals surface area contributed by atoms with Crippen molar-refractivity contribution in [2.24, 2.45) is 0 Å². The molecule has 0 aliphatic carbocycles. The lowest BCUT2D eigenvalue weighted by Crippen LogP contribution is -2.13. The Morgan fingerprint density at radius 1 is 1.10 bits per heavy atom. The number of carbonyl (C=O) groups is 2. The third-order valence-corrected chi connectivity index (χ3v) is 5.43. The summed E-state index contributed by atoms with van der Waals surface area (Å²) < 4.78 is 1.78. The SMILES string of the molecule is Cc1cc(/C=C(/C#N)C(=O)Nc2ccc(Cl)c(Cl)c2)c(C)n1-c1ccccc1C(=O)O. The number of aromatic carboxylic acids is 1. The molecule has 0 bridgehead atoms. The predicted octanol–water partition coefficient (Wildman–Crippen LogP) is 5.64. The van der Waals surface area contributed by atoms with E-state index in [1.54, 1.807) is 47.9 Å². The first-order chi connectivity index (χ1) is 14.7. The molecule has 0 saturated carbocycles. The lowest BCUT2D eigenvalue weighted by molar-refractivity contribution is -0.112. The molecule has 156 valence electrons. The van der Waals surface area contributed by atoms with Crippen LogP contribution in [0.5, 0.6) is 0 Å². The molecule has 3 rings (SSSR count). The number of nitrogens with zero attached hydrogens (tertiary/aromatic N) is 2. The zero-order valence-electron chi connectivity index (χ0n) is 16.6.